The molecule has 0 radical (unpaired) electrons. The first-order valence-corrected chi connectivity index (χ1v) is 9.92. The van der Waals surface area contributed by atoms with Crippen LogP contribution in [0.1, 0.15) is 11.3 Å². The van der Waals surface area contributed by atoms with Gasteiger partial charge in [-0.3, -0.25) is 4.68 Å². The third-order valence-electron chi connectivity index (χ3n) is 4.23. The number of benzene rings is 2. The van der Waals surface area contributed by atoms with Crippen molar-refractivity contribution in [3.63, 3.8) is 0 Å². The fraction of sp³-hybridized carbons (Fsp3) is 0.211. The SMILES string of the molecule is Cc1nn(C)c(Cl)c1S(=O)(=O)N(C)Cc1ccc(-c2ccccc2)cc1. The lowest BCUT2D eigenvalue weighted by atomic mass is 10.0. The molecule has 1 heterocycles. The van der Waals surface area contributed by atoms with E-state index in [1.807, 2.05) is 54.6 Å². The van der Waals surface area contributed by atoms with Gasteiger partial charge in [0.2, 0.25) is 10.0 Å². The van der Waals surface area contributed by atoms with Crippen molar-refractivity contribution in [3.05, 3.63) is 71.0 Å². The lowest BCUT2D eigenvalue weighted by Crippen LogP contribution is -2.27. The number of rotatable bonds is 5. The molecule has 0 aliphatic rings. The highest BCUT2D eigenvalue weighted by Gasteiger charge is 2.29. The Bertz CT molecular complexity index is 1010. The molecule has 2 aromatic carbocycles. The lowest BCUT2D eigenvalue weighted by molar-refractivity contribution is 0.466. The summed E-state index contributed by atoms with van der Waals surface area (Å²) >= 11 is 6.13. The minimum Gasteiger partial charge on any atom is -0.255 e. The van der Waals surface area contributed by atoms with Crippen molar-refractivity contribution in [3.8, 4) is 11.1 Å². The number of nitrogens with zero attached hydrogens (tertiary/aromatic N) is 3. The van der Waals surface area contributed by atoms with Crippen LogP contribution in [0.25, 0.3) is 11.1 Å². The number of sulfonamides is 1. The number of hydrogen-bond donors (Lipinski definition) is 0. The van der Waals surface area contributed by atoms with E-state index in [-0.39, 0.29) is 16.6 Å². The van der Waals surface area contributed by atoms with Crippen molar-refractivity contribution < 1.29 is 8.42 Å². The molecule has 0 aliphatic carbocycles. The Morgan fingerprint density at radius 1 is 1.04 bits per heavy atom. The maximum atomic E-state index is 12.9. The van der Waals surface area contributed by atoms with Gasteiger partial charge in [-0.2, -0.15) is 9.40 Å². The van der Waals surface area contributed by atoms with Gasteiger partial charge < -0.3 is 0 Å². The minimum absolute atomic E-state index is 0.0603. The summed E-state index contributed by atoms with van der Waals surface area (Å²) in [6.45, 7) is 1.89. The summed E-state index contributed by atoms with van der Waals surface area (Å²) in [4.78, 5) is 0.0603. The standard InChI is InChI=1S/C19H20ClN3O2S/c1-14-18(19(20)23(3)21-14)26(24,25)22(2)13-15-9-11-17(12-10-15)16-7-5-4-6-8-16/h4-12H,13H2,1-3H3. The fourth-order valence-corrected chi connectivity index (χ4v) is 4.69. The molecule has 136 valence electrons. The molecular formula is C19H20ClN3O2S. The van der Waals surface area contributed by atoms with Crippen LogP contribution in [0.5, 0.6) is 0 Å². The molecule has 5 nitrogen and oxygen atoms in total. The Balaban J connectivity index is 1.82. The van der Waals surface area contributed by atoms with Crippen molar-refractivity contribution in [2.24, 2.45) is 7.05 Å². The predicted octanol–water partition coefficient (Wildman–Crippen LogP) is 3.87. The molecule has 0 saturated carbocycles. The minimum atomic E-state index is -3.72. The Hall–Kier alpha value is -2.15. The van der Waals surface area contributed by atoms with Gasteiger partial charge in [0.25, 0.3) is 0 Å². The van der Waals surface area contributed by atoms with Crippen molar-refractivity contribution in [2.45, 2.75) is 18.4 Å². The summed E-state index contributed by atoms with van der Waals surface area (Å²) in [7, 11) is -0.555. The van der Waals surface area contributed by atoms with Crippen molar-refractivity contribution in [2.75, 3.05) is 7.05 Å². The van der Waals surface area contributed by atoms with Crippen LogP contribution in [0.3, 0.4) is 0 Å². The maximum Gasteiger partial charge on any atom is 0.248 e. The molecule has 0 aliphatic heterocycles. The predicted molar refractivity (Wildman–Crippen MR) is 103 cm³/mol. The maximum absolute atomic E-state index is 12.9. The van der Waals surface area contributed by atoms with Crippen LogP contribution in [0.2, 0.25) is 5.15 Å². The van der Waals surface area contributed by atoms with E-state index >= 15 is 0 Å². The van der Waals surface area contributed by atoms with Gasteiger partial charge in [0, 0.05) is 20.6 Å². The Morgan fingerprint density at radius 2 is 1.62 bits per heavy atom. The molecule has 3 aromatic rings. The van der Waals surface area contributed by atoms with Crippen LogP contribution >= 0.6 is 11.6 Å². The van der Waals surface area contributed by atoms with Gasteiger partial charge >= 0.3 is 0 Å². The molecule has 0 spiro atoms. The highest BCUT2D eigenvalue weighted by atomic mass is 35.5. The van der Waals surface area contributed by atoms with E-state index in [9.17, 15) is 8.42 Å². The molecule has 0 bridgehead atoms. The molecule has 3 rings (SSSR count). The highest BCUT2D eigenvalue weighted by molar-refractivity contribution is 7.89. The second-order valence-electron chi connectivity index (χ2n) is 6.15. The van der Waals surface area contributed by atoms with E-state index in [2.05, 4.69) is 5.10 Å². The van der Waals surface area contributed by atoms with Gasteiger partial charge in [-0.15, -0.1) is 0 Å². The van der Waals surface area contributed by atoms with Crippen LogP contribution in [0.4, 0.5) is 0 Å². The second-order valence-corrected chi connectivity index (χ2v) is 8.49. The first-order valence-electron chi connectivity index (χ1n) is 8.10. The monoisotopic (exact) mass is 389 g/mol. The largest absolute Gasteiger partial charge is 0.255 e. The van der Waals surface area contributed by atoms with E-state index in [1.165, 1.54) is 8.99 Å². The summed E-state index contributed by atoms with van der Waals surface area (Å²) in [5.41, 5.74) is 3.50. The summed E-state index contributed by atoms with van der Waals surface area (Å²) in [5.74, 6) is 0. The van der Waals surface area contributed by atoms with Crippen LogP contribution < -0.4 is 0 Å². The van der Waals surface area contributed by atoms with Gasteiger partial charge in [0.05, 0.1) is 5.69 Å². The number of hydrogen-bond acceptors (Lipinski definition) is 3. The smallest absolute Gasteiger partial charge is 0.248 e. The normalized spacial score (nSPS) is 11.9. The number of halogens is 1. The molecule has 1 aromatic heterocycles. The van der Waals surface area contributed by atoms with Gasteiger partial charge in [0.15, 0.2) is 0 Å². The van der Waals surface area contributed by atoms with Crippen molar-refractivity contribution in [1.82, 2.24) is 14.1 Å². The molecule has 26 heavy (non-hydrogen) atoms. The summed E-state index contributed by atoms with van der Waals surface area (Å²) < 4.78 is 28.4. The second kappa shape index (κ2) is 7.23. The first kappa shape index (κ1) is 18.6. The Kier molecular flexibility index (Phi) is 5.18. The molecule has 0 unspecified atom stereocenters. The molecule has 0 saturated heterocycles. The van der Waals surface area contributed by atoms with Crippen LogP contribution in [-0.4, -0.2) is 29.6 Å². The van der Waals surface area contributed by atoms with Crippen LogP contribution in [0.15, 0.2) is 59.5 Å². The average molecular weight is 390 g/mol. The van der Waals surface area contributed by atoms with E-state index in [0.717, 1.165) is 16.7 Å². The fourth-order valence-electron chi connectivity index (χ4n) is 2.83. The van der Waals surface area contributed by atoms with E-state index < -0.39 is 10.0 Å². The van der Waals surface area contributed by atoms with Crippen LogP contribution in [-0.2, 0) is 23.6 Å². The van der Waals surface area contributed by atoms with Gasteiger partial charge in [-0.25, -0.2) is 8.42 Å². The molecule has 0 fully saturated rings. The molecular weight excluding hydrogens is 370 g/mol. The lowest BCUT2D eigenvalue weighted by Gasteiger charge is -2.17. The van der Waals surface area contributed by atoms with E-state index in [1.54, 1.807) is 21.0 Å². The zero-order valence-corrected chi connectivity index (χ0v) is 16.4. The quantitative estimate of drug-likeness (QED) is 0.665. The first-order chi connectivity index (χ1) is 12.3. The van der Waals surface area contributed by atoms with Gasteiger partial charge in [0.1, 0.15) is 10.0 Å². The van der Waals surface area contributed by atoms with Crippen LogP contribution in [0, 0.1) is 6.92 Å². The summed E-state index contributed by atoms with van der Waals surface area (Å²) in [6.07, 6.45) is 0. The van der Waals surface area contributed by atoms with Gasteiger partial charge in [-0.05, 0) is 23.6 Å². The molecule has 7 heteroatoms. The zero-order chi connectivity index (χ0) is 18.9. The number of aromatic nitrogens is 2. The van der Waals surface area contributed by atoms with E-state index in [4.69, 9.17) is 11.6 Å². The summed E-state index contributed by atoms with van der Waals surface area (Å²) in [5, 5.41) is 4.21. The Morgan fingerprint density at radius 3 is 2.15 bits per heavy atom. The Labute approximate surface area is 158 Å². The summed E-state index contributed by atoms with van der Waals surface area (Å²) in [6, 6.07) is 17.9. The molecule has 0 amide bonds. The van der Waals surface area contributed by atoms with E-state index in [0.29, 0.717) is 5.69 Å². The average Bonchev–Trinajstić information content (AvgIpc) is 2.89. The zero-order valence-electron chi connectivity index (χ0n) is 14.8. The number of aryl methyl sites for hydroxylation is 2. The topological polar surface area (TPSA) is 55.2 Å². The van der Waals surface area contributed by atoms with Crippen molar-refractivity contribution >= 4 is 21.6 Å². The highest BCUT2D eigenvalue weighted by Crippen LogP contribution is 2.28. The third-order valence-corrected chi connectivity index (χ3v) is 6.73. The molecule has 0 N–H and O–H groups in total. The van der Waals surface area contributed by atoms with Gasteiger partial charge in [-0.1, -0.05) is 66.2 Å². The van der Waals surface area contributed by atoms with Crippen molar-refractivity contribution in [1.29, 1.82) is 0 Å². The molecule has 0 atom stereocenters. The third kappa shape index (κ3) is 3.53.